The number of ether oxygens (including phenoxy) is 1. The minimum absolute atomic E-state index is 0.0861. The number of allylic oxidation sites excluding steroid dienone is 1. The molecule has 0 radical (unpaired) electrons. The van der Waals surface area contributed by atoms with Crippen molar-refractivity contribution in [3.05, 3.63) is 78.1 Å². The lowest BCUT2D eigenvalue weighted by Crippen LogP contribution is -2.16. The summed E-state index contributed by atoms with van der Waals surface area (Å²) in [6.45, 7) is 10.3. The molecule has 1 N–H and O–H groups in total. The molecular weight excluding hydrogens is 396 g/mol. The minimum Gasteiger partial charge on any atom is -0.483 e. The van der Waals surface area contributed by atoms with E-state index in [2.05, 4.69) is 22.1 Å². The number of hydrogen-bond acceptors (Lipinski definition) is 5. The van der Waals surface area contributed by atoms with Gasteiger partial charge in [0.1, 0.15) is 5.75 Å². The predicted molar refractivity (Wildman–Crippen MR) is 121 cm³/mol. The summed E-state index contributed by atoms with van der Waals surface area (Å²) in [5, 5.41) is 12.2. The second-order valence-corrected chi connectivity index (χ2v) is 7.84. The molecule has 156 valence electrons. The summed E-state index contributed by atoms with van der Waals surface area (Å²) in [4.78, 5) is 12.5. The highest BCUT2D eigenvalue weighted by Crippen LogP contribution is 2.25. The lowest BCUT2D eigenvalue weighted by Gasteiger charge is -2.15. The van der Waals surface area contributed by atoms with E-state index in [1.165, 1.54) is 11.8 Å². The molecule has 0 unspecified atom stereocenters. The monoisotopic (exact) mass is 422 g/mol. The third-order valence-corrected chi connectivity index (χ3v) is 5.65. The first-order valence-electron chi connectivity index (χ1n) is 9.74. The molecule has 0 aliphatic rings. The van der Waals surface area contributed by atoms with Crippen LogP contribution in [0.4, 0.5) is 5.69 Å². The molecule has 1 aromatic heterocycles. The highest BCUT2D eigenvalue weighted by Gasteiger charge is 2.20. The van der Waals surface area contributed by atoms with E-state index in [-0.39, 0.29) is 17.8 Å². The van der Waals surface area contributed by atoms with Crippen molar-refractivity contribution >= 4 is 23.4 Å². The van der Waals surface area contributed by atoms with Crippen molar-refractivity contribution in [1.29, 1.82) is 0 Å². The van der Waals surface area contributed by atoms with Gasteiger partial charge in [-0.05, 0) is 50.1 Å². The van der Waals surface area contributed by atoms with Crippen molar-refractivity contribution in [2.75, 3.05) is 11.1 Å². The summed E-state index contributed by atoms with van der Waals surface area (Å²) in [6.07, 6.45) is 1.49. The van der Waals surface area contributed by atoms with Crippen LogP contribution in [0.2, 0.25) is 0 Å². The number of rotatable bonds is 9. The molecule has 0 bridgehead atoms. The third kappa shape index (κ3) is 5.30. The number of nitrogens with zero attached hydrogens (tertiary/aromatic N) is 3. The van der Waals surface area contributed by atoms with Crippen molar-refractivity contribution in [3.8, 4) is 5.75 Å². The van der Waals surface area contributed by atoms with Crippen LogP contribution < -0.4 is 10.1 Å². The number of carbonyl (C=O) groups excluding carboxylic acids is 1. The van der Waals surface area contributed by atoms with E-state index in [1.807, 2.05) is 73.9 Å². The topological polar surface area (TPSA) is 69.0 Å². The standard InChI is InChI=1S/C23H26N4O2S/c1-5-14-27-22(18(4)29-19-11-7-6-8-12-19)25-26-23(27)30-15-21(28)24-20-13-9-10-16(2)17(20)3/h5-13,18H,1,14-15H2,2-4H3,(H,24,28)/t18-/m0/s1. The molecule has 0 saturated carbocycles. The van der Waals surface area contributed by atoms with E-state index in [0.717, 1.165) is 22.6 Å². The lowest BCUT2D eigenvalue weighted by atomic mass is 10.1. The van der Waals surface area contributed by atoms with Crippen LogP contribution >= 0.6 is 11.8 Å². The third-order valence-electron chi connectivity index (χ3n) is 4.69. The Morgan fingerprint density at radius 2 is 1.97 bits per heavy atom. The van der Waals surface area contributed by atoms with E-state index in [0.29, 0.717) is 17.5 Å². The normalized spacial score (nSPS) is 11.7. The largest absolute Gasteiger partial charge is 0.483 e. The fourth-order valence-electron chi connectivity index (χ4n) is 2.97. The molecule has 7 heteroatoms. The highest BCUT2D eigenvalue weighted by molar-refractivity contribution is 7.99. The maximum atomic E-state index is 12.5. The maximum Gasteiger partial charge on any atom is 0.234 e. The Kier molecular flexibility index (Phi) is 7.30. The van der Waals surface area contributed by atoms with Gasteiger partial charge in [0.25, 0.3) is 0 Å². The zero-order chi connectivity index (χ0) is 21.5. The van der Waals surface area contributed by atoms with Gasteiger partial charge in [-0.3, -0.25) is 9.36 Å². The summed E-state index contributed by atoms with van der Waals surface area (Å²) in [5.74, 6) is 1.60. The maximum absolute atomic E-state index is 12.5. The lowest BCUT2D eigenvalue weighted by molar-refractivity contribution is -0.113. The van der Waals surface area contributed by atoms with Crippen molar-refractivity contribution < 1.29 is 9.53 Å². The van der Waals surface area contributed by atoms with Crippen molar-refractivity contribution in [2.24, 2.45) is 0 Å². The molecule has 0 saturated heterocycles. The molecule has 0 aliphatic carbocycles. The van der Waals surface area contributed by atoms with E-state index in [1.54, 1.807) is 6.08 Å². The van der Waals surface area contributed by atoms with Gasteiger partial charge in [0, 0.05) is 12.2 Å². The Morgan fingerprint density at radius 1 is 1.20 bits per heavy atom. The molecule has 0 spiro atoms. The van der Waals surface area contributed by atoms with Crippen LogP contribution in [-0.4, -0.2) is 26.4 Å². The molecular formula is C23H26N4O2S. The number of hydrogen-bond donors (Lipinski definition) is 1. The van der Waals surface area contributed by atoms with E-state index in [9.17, 15) is 4.79 Å². The van der Waals surface area contributed by atoms with Crippen LogP contribution in [0.1, 0.15) is 30.0 Å². The van der Waals surface area contributed by atoms with Crippen LogP contribution in [0.3, 0.4) is 0 Å². The molecule has 2 aromatic carbocycles. The Labute approximate surface area is 181 Å². The zero-order valence-corrected chi connectivity index (χ0v) is 18.3. The summed E-state index contributed by atoms with van der Waals surface area (Å²) in [5.41, 5.74) is 3.04. The summed E-state index contributed by atoms with van der Waals surface area (Å²) in [7, 11) is 0. The number of benzene rings is 2. The van der Waals surface area contributed by atoms with E-state index < -0.39 is 0 Å². The number of amides is 1. The predicted octanol–water partition coefficient (Wildman–Crippen LogP) is 4.95. The second kappa shape index (κ2) is 10.1. The van der Waals surface area contributed by atoms with Gasteiger partial charge in [0.15, 0.2) is 17.1 Å². The van der Waals surface area contributed by atoms with Gasteiger partial charge in [-0.1, -0.05) is 48.2 Å². The highest BCUT2D eigenvalue weighted by atomic mass is 32.2. The number of aryl methyl sites for hydroxylation is 1. The van der Waals surface area contributed by atoms with Crippen LogP contribution in [0.25, 0.3) is 0 Å². The first kappa shape index (κ1) is 21.6. The average molecular weight is 423 g/mol. The van der Waals surface area contributed by atoms with Crippen molar-refractivity contribution in [1.82, 2.24) is 14.8 Å². The van der Waals surface area contributed by atoms with Crippen LogP contribution in [0.15, 0.2) is 66.3 Å². The SMILES string of the molecule is C=CCn1c(SCC(=O)Nc2cccc(C)c2C)nnc1[C@H](C)Oc1ccccc1. The molecule has 1 atom stereocenters. The smallest absolute Gasteiger partial charge is 0.234 e. The van der Waals surface area contributed by atoms with Crippen LogP contribution in [0.5, 0.6) is 5.75 Å². The summed E-state index contributed by atoms with van der Waals surface area (Å²) in [6, 6.07) is 15.5. The zero-order valence-electron chi connectivity index (χ0n) is 17.5. The first-order valence-corrected chi connectivity index (χ1v) is 10.7. The first-order chi connectivity index (χ1) is 14.5. The van der Waals surface area contributed by atoms with Crippen molar-refractivity contribution in [3.63, 3.8) is 0 Å². The minimum atomic E-state index is -0.294. The number of para-hydroxylation sites is 1. The average Bonchev–Trinajstić information content (AvgIpc) is 3.14. The number of thioether (sulfide) groups is 1. The fraction of sp³-hybridized carbons (Fsp3) is 0.261. The second-order valence-electron chi connectivity index (χ2n) is 6.90. The number of carbonyl (C=O) groups is 1. The molecule has 0 fully saturated rings. The number of aromatic nitrogens is 3. The van der Waals surface area contributed by atoms with Gasteiger partial charge in [-0.15, -0.1) is 16.8 Å². The molecule has 1 heterocycles. The van der Waals surface area contributed by atoms with Gasteiger partial charge in [-0.2, -0.15) is 0 Å². The van der Waals surface area contributed by atoms with E-state index >= 15 is 0 Å². The molecule has 0 aliphatic heterocycles. The summed E-state index contributed by atoms with van der Waals surface area (Å²) < 4.78 is 7.91. The van der Waals surface area contributed by atoms with Gasteiger partial charge in [-0.25, -0.2) is 0 Å². The number of nitrogens with one attached hydrogen (secondary N) is 1. The van der Waals surface area contributed by atoms with Gasteiger partial charge in [0.05, 0.1) is 5.75 Å². The van der Waals surface area contributed by atoms with Crippen LogP contribution in [0, 0.1) is 13.8 Å². The molecule has 30 heavy (non-hydrogen) atoms. The molecule has 6 nitrogen and oxygen atoms in total. The number of anilines is 1. The van der Waals surface area contributed by atoms with Gasteiger partial charge >= 0.3 is 0 Å². The Morgan fingerprint density at radius 3 is 2.70 bits per heavy atom. The fourth-order valence-corrected chi connectivity index (χ4v) is 3.72. The Bertz CT molecular complexity index is 1020. The van der Waals surface area contributed by atoms with Crippen molar-refractivity contribution in [2.45, 2.75) is 38.6 Å². The molecule has 1 amide bonds. The van der Waals surface area contributed by atoms with Gasteiger partial charge in [0.2, 0.25) is 5.91 Å². The van der Waals surface area contributed by atoms with Gasteiger partial charge < -0.3 is 10.1 Å². The van der Waals surface area contributed by atoms with E-state index in [4.69, 9.17) is 4.74 Å². The Hall–Kier alpha value is -3.06. The molecule has 3 rings (SSSR count). The Balaban J connectivity index is 1.67. The van der Waals surface area contributed by atoms with Crippen LogP contribution in [-0.2, 0) is 11.3 Å². The molecule has 3 aromatic rings. The summed E-state index contributed by atoms with van der Waals surface area (Å²) >= 11 is 1.34. The quantitative estimate of drug-likeness (QED) is 0.390.